The summed E-state index contributed by atoms with van der Waals surface area (Å²) < 4.78 is 26.0. The van der Waals surface area contributed by atoms with Gasteiger partial charge in [-0.05, 0) is 37.5 Å². The van der Waals surface area contributed by atoms with Crippen molar-refractivity contribution in [2.75, 3.05) is 18.8 Å². The van der Waals surface area contributed by atoms with Crippen molar-refractivity contribution in [3.8, 4) is 0 Å². The Kier molecular flexibility index (Phi) is 3.56. The van der Waals surface area contributed by atoms with E-state index in [4.69, 9.17) is 5.73 Å². The van der Waals surface area contributed by atoms with E-state index in [2.05, 4.69) is 6.92 Å². The molecule has 16 heavy (non-hydrogen) atoms. The lowest BCUT2D eigenvalue weighted by molar-refractivity contribution is 0.211. The molecule has 1 heterocycles. The van der Waals surface area contributed by atoms with Crippen LogP contribution in [0.2, 0.25) is 0 Å². The Morgan fingerprint density at radius 1 is 1.31 bits per heavy atom. The van der Waals surface area contributed by atoms with Gasteiger partial charge in [0.25, 0.3) is 0 Å². The highest BCUT2D eigenvalue weighted by atomic mass is 32.2. The fraction of sp³-hybridized carbons (Fsp3) is 1.00. The van der Waals surface area contributed by atoms with E-state index in [1.807, 2.05) is 0 Å². The molecule has 0 radical (unpaired) electrons. The van der Waals surface area contributed by atoms with E-state index in [0.717, 1.165) is 25.7 Å². The van der Waals surface area contributed by atoms with Crippen LogP contribution in [0.5, 0.6) is 0 Å². The maximum absolute atomic E-state index is 12.2. The monoisotopic (exact) mass is 246 g/mol. The summed E-state index contributed by atoms with van der Waals surface area (Å²) in [6, 6.07) is 0.0347. The molecule has 2 fully saturated rings. The maximum Gasteiger partial charge on any atom is 0.214 e. The largest absolute Gasteiger partial charge is 0.329 e. The van der Waals surface area contributed by atoms with Gasteiger partial charge in [0.1, 0.15) is 0 Å². The van der Waals surface area contributed by atoms with Gasteiger partial charge in [-0.3, -0.25) is 0 Å². The van der Waals surface area contributed by atoms with E-state index in [1.165, 1.54) is 0 Å². The molecule has 5 heteroatoms. The first kappa shape index (κ1) is 12.3. The Hall–Kier alpha value is -0.130. The normalized spacial score (nSPS) is 32.9. The molecule has 1 saturated heterocycles. The molecule has 0 aromatic carbocycles. The van der Waals surface area contributed by atoms with E-state index >= 15 is 0 Å². The van der Waals surface area contributed by atoms with E-state index in [1.54, 1.807) is 4.31 Å². The van der Waals surface area contributed by atoms with Gasteiger partial charge in [0.2, 0.25) is 10.0 Å². The van der Waals surface area contributed by atoms with Crippen LogP contribution in [-0.2, 0) is 10.0 Å². The highest BCUT2D eigenvalue weighted by Crippen LogP contribution is 2.33. The van der Waals surface area contributed by atoms with Crippen molar-refractivity contribution < 1.29 is 8.42 Å². The van der Waals surface area contributed by atoms with Gasteiger partial charge in [-0.1, -0.05) is 6.92 Å². The summed E-state index contributed by atoms with van der Waals surface area (Å²) in [4.78, 5) is 0. The number of piperidine rings is 1. The molecular weight excluding hydrogens is 224 g/mol. The van der Waals surface area contributed by atoms with Gasteiger partial charge >= 0.3 is 0 Å². The number of rotatable bonds is 4. The van der Waals surface area contributed by atoms with Gasteiger partial charge in [0.05, 0.1) is 5.75 Å². The number of sulfonamides is 1. The van der Waals surface area contributed by atoms with Gasteiger partial charge in [-0.2, -0.15) is 4.31 Å². The van der Waals surface area contributed by atoms with Crippen LogP contribution < -0.4 is 5.73 Å². The Bertz CT molecular complexity index is 338. The standard InChI is InChI=1S/C11H22N2O2S/c1-9-4-5-13(11(6-9)7-12)16(14,15)8-10-2-3-10/h9-11H,2-8,12H2,1H3. The van der Waals surface area contributed by atoms with Gasteiger partial charge < -0.3 is 5.73 Å². The lowest BCUT2D eigenvalue weighted by Gasteiger charge is -2.36. The third-order valence-electron chi connectivity index (χ3n) is 3.70. The van der Waals surface area contributed by atoms with Crippen molar-refractivity contribution in [2.45, 2.75) is 38.6 Å². The number of hydrogen-bond donors (Lipinski definition) is 1. The van der Waals surface area contributed by atoms with Crippen LogP contribution in [0.1, 0.15) is 32.6 Å². The van der Waals surface area contributed by atoms with Crippen LogP contribution in [0.25, 0.3) is 0 Å². The van der Waals surface area contributed by atoms with Gasteiger partial charge in [0.15, 0.2) is 0 Å². The van der Waals surface area contributed by atoms with E-state index in [0.29, 0.717) is 30.7 Å². The molecular formula is C11H22N2O2S. The minimum Gasteiger partial charge on any atom is -0.329 e. The SMILES string of the molecule is CC1CCN(S(=O)(=O)CC2CC2)C(CN)C1. The molecule has 2 atom stereocenters. The summed E-state index contributed by atoms with van der Waals surface area (Å²) in [5.74, 6) is 1.36. The van der Waals surface area contributed by atoms with Crippen molar-refractivity contribution in [3.05, 3.63) is 0 Å². The molecule has 0 spiro atoms. The maximum atomic E-state index is 12.2. The Labute approximate surface area is 98.2 Å². The molecule has 0 bridgehead atoms. The average molecular weight is 246 g/mol. The van der Waals surface area contributed by atoms with Crippen molar-refractivity contribution in [1.82, 2.24) is 4.31 Å². The highest BCUT2D eigenvalue weighted by Gasteiger charge is 2.37. The van der Waals surface area contributed by atoms with E-state index in [9.17, 15) is 8.42 Å². The van der Waals surface area contributed by atoms with Crippen LogP contribution >= 0.6 is 0 Å². The Balaban J connectivity index is 2.05. The fourth-order valence-corrected chi connectivity index (χ4v) is 4.62. The fourth-order valence-electron chi connectivity index (χ4n) is 2.49. The molecule has 0 aromatic heterocycles. The minimum absolute atomic E-state index is 0.0347. The molecule has 4 nitrogen and oxygen atoms in total. The van der Waals surface area contributed by atoms with Crippen molar-refractivity contribution in [1.29, 1.82) is 0 Å². The molecule has 2 unspecified atom stereocenters. The van der Waals surface area contributed by atoms with Gasteiger partial charge in [-0.15, -0.1) is 0 Å². The summed E-state index contributed by atoms with van der Waals surface area (Å²) in [5.41, 5.74) is 5.69. The van der Waals surface area contributed by atoms with E-state index < -0.39 is 10.0 Å². The first-order valence-corrected chi connectivity index (χ1v) is 7.83. The average Bonchev–Trinajstić information content (AvgIpc) is 3.00. The molecule has 0 aromatic rings. The third kappa shape index (κ3) is 2.76. The van der Waals surface area contributed by atoms with Crippen LogP contribution in [0, 0.1) is 11.8 Å². The second-order valence-corrected chi connectivity index (χ2v) is 7.32. The predicted octanol–water partition coefficient (Wildman–Crippen LogP) is 0.785. The third-order valence-corrected chi connectivity index (χ3v) is 5.78. The lowest BCUT2D eigenvalue weighted by atomic mass is 9.94. The number of hydrogen-bond acceptors (Lipinski definition) is 3. The summed E-state index contributed by atoms with van der Waals surface area (Å²) in [6.45, 7) is 3.29. The topological polar surface area (TPSA) is 63.4 Å². The van der Waals surface area contributed by atoms with Gasteiger partial charge in [-0.25, -0.2) is 8.42 Å². The molecule has 2 aliphatic rings. The van der Waals surface area contributed by atoms with Crippen molar-refractivity contribution >= 4 is 10.0 Å². The van der Waals surface area contributed by atoms with Crippen LogP contribution in [0.4, 0.5) is 0 Å². The zero-order valence-corrected chi connectivity index (χ0v) is 10.7. The first-order valence-electron chi connectivity index (χ1n) is 6.22. The highest BCUT2D eigenvalue weighted by molar-refractivity contribution is 7.89. The second-order valence-electron chi connectivity index (χ2n) is 5.35. The van der Waals surface area contributed by atoms with Crippen molar-refractivity contribution in [3.63, 3.8) is 0 Å². The zero-order chi connectivity index (χ0) is 11.8. The predicted molar refractivity (Wildman–Crippen MR) is 64.5 cm³/mol. The first-order chi connectivity index (χ1) is 7.53. The zero-order valence-electron chi connectivity index (χ0n) is 9.93. The molecule has 1 saturated carbocycles. The molecule has 1 aliphatic heterocycles. The number of nitrogens with two attached hydrogens (primary N) is 1. The molecule has 2 N–H and O–H groups in total. The van der Waals surface area contributed by atoms with Crippen molar-refractivity contribution in [2.24, 2.45) is 17.6 Å². The van der Waals surface area contributed by atoms with Gasteiger partial charge in [0, 0.05) is 19.1 Å². The summed E-state index contributed by atoms with van der Waals surface area (Å²) in [5, 5.41) is 0. The summed E-state index contributed by atoms with van der Waals surface area (Å²) in [6.07, 6.45) is 4.05. The van der Waals surface area contributed by atoms with Crippen LogP contribution in [0.15, 0.2) is 0 Å². The minimum atomic E-state index is -3.05. The summed E-state index contributed by atoms with van der Waals surface area (Å²) >= 11 is 0. The molecule has 0 amide bonds. The second kappa shape index (κ2) is 4.63. The van der Waals surface area contributed by atoms with Crippen LogP contribution in [0.3, 0.4) is 0 Å². The lowest BCUT2D eigenvalue weighted by Crippen LogP contribution is -2.50. The molecule has 2 rings (SSSR count). The molecule has 94 valence electrons. The smallest absolute Gasteiger partial charge is 0.214 e. The Morgan fingerprint density at radius 3 is 2.56 bits per heavy atom. The van der Waals surface area contributed by atoms with Crippen LogP contribution in [-0.4, -0.2) is 37.6 Å². The Morgan fingerprint density at radius 2 is 2.00 bits per heavy atom. The van der Waals surface area contributed by atoms with E-state index in [-0.39, 0.29) is 6.04 Å². The number of nitrogens with zero attached hydrogens (tertiary/aromatic N) is 1. The molecule has 1 aliphatic carbocycles. The quantitative estimate of drug-likeness (QED) is 0.797. The summed E-state index contributed by atoms with van der Waals surface area (Å²) in [7, 11) is -3.05.